The number of allylic oxidation sites excluding steroid dienone is 2. The fourth-order valence-corrected chi connectivity index (χ4v) is 5.64. The van der Waals surface area contributed by atoms with Crippen molar-refractivity contribution >= 4 is 0 Å². The van der Waals surface area contributed by atoms with E-state index in [-0.39, 0.29) is 23.2 Å². The lowest BCUT2D eigenvalue weighted by atomic mass is 9.51. The van der Waals surface area contributed by atoms with Gasteiger partial charge in [-0.2, -0.15) is 0 Å². The quantitative estimate of drug-likeness (QED) is 0.759. The van der Waals surface area contributed by atoms with Crippen LogP contribution < -0.4 is 0 Å². The topological polar surface area (TPSA) is 68.2 Å². The van der Waals surface area contributed by atoms with Crippen LogP contribution in [-0.4, -0.2) is 55.1 Å². The van der Waals surface area contributed by atoms with E-state index in [1.54, 1.807) is 7.11 Å². The van der Waals surface area contributed by atoms with Crippen LogP contribution in [0.1, 0.15) is 46.5 Å². The Morgan fingerprint density at radius 1 is 1.20 bits per heavy atom. The third-order valence-corrected chi connectivity index (χ3v) is 6.83. The third-order valence-electron chi connectivity index (χ3n) is 6.83. The normalized spacial score (nSPS) is 43.0. The van der Waals surface area contributed by atoms with Crippen LogP contribution in [0.15, 0.2) is 11.6 Å². The maximum atomic E-state index is 11.3. The van der Waals surface area contributed by atoms with Crippen LogP contribution >= 0.6 is 0 Å². The molecule has 1 aliphatic heterocycles. The van der Waals surface area contributed by atoms with Gasteiger partial charge in [-0.15, -0.1) is 0 Å². The first-order valence-electron chi connectivity index (χ1n) is 9.61. The average molecular weight is 354 g/mol. The van der Waals surface area contributed by atoms with E-state index in [1.807, 2.05) is 0 Å². The molecule has 1 saturated heterocycles. The highest BCUT2D eigenvalue weighted by Crippen LogP contribution is 2.59. The number of hydrogen-bond donors (Lipinski definition) is 2. The first-order valence-corrected chi connectivity index (χ1v) is 9.61. The van der Waals surface area contributed by atoms with Crippen LogP contribution in [0.3, 0.4) is 0 Å². The van der Waals surface area contributed by atoms with Gasteiger partial charge < -0.3 is 24.4 Å². The SMILES string of the molecule is COC[C@]12CCC3(OCCO3)[C@@H](C)[C@@H]1[C@@H](O)C(CC=C(C)C)[C@@H](O)C2. The Morgan fingerprint density at radius 2 is 1.88 bits per heavy atom. The van der Waals surface area contributed by atoms with Gasteiger partial charge >= 0.3 is 0 Å². The molecule has 0 radical (unpaired) electrons. The average Bonchev–Trinajstić information content (AvgIpc) is 3.01. The summed E-state index contributed by atoms with van der Waals surface area (Å²) in [6.45, 7) is 8.03. The summed E-state index contributed by atoms with van der Waals surface area (Å²) in [6, 6.07) is 0. The third kappa shape index (κ3) is 3.30. The predicted octanol–water partition coefficient (Wildman–Crippen LogP) is 2.51. The lowest BCUT2D eigenvalue weighted by molar-refractivity contribution is -0.281. The lowest BCUT2D eigenvalue weighted by Gasteiger charge is -2.59. The van der Waals surface area contributed by atoms with Gasteiger partial charge in [-0.3, -0.25) is 0 Å². The summed E-state index contributed by atoms with van der Waals surface area (Å²) in [6.07, 6.45) is 4.03. The van der Waals surface area contributed by atoms with Crippen LogP contribution in [0, 0.1) is 23.2 Å². The Bertz CT molecular complexity index is 494. The summed E-state index contributed by atoms with van der Waals surface area (Å²) in [5.74, 6) is -0.663. The molecule has 0 amide bonds. The summed E-state index contributed by atoms with van der Waals surface area (Å²) in [5, 5.41) is 22.1. The number of aliphatic hydroxyl groups excluding tert-OH is 2. The molecular formula is C20H34O5. The number of aliphatic hydroxyl groups is 2. The van der Waals surface area contributed by atoms with Crippen LogP contribution in [-0.2, 0) is 14.2 Å². The zero-order valence-corrected chi connectivity index (χ0v) is 16.0. The minimum atomic E-state index is -0.588. The number of fused-ring (bicyclic) bond motifs is 1. The van der Waals surface area contributed by atoms with Crippen LogP contribution in [0.2, 0.25) is 0 Å². The van der Waals surface area contributed by atoms with Gasteiger partial charge in [-0.25, -0.2) is 0 Å². The Balaban J connectivity index is 1.91. The predicted molar refractivity (Wildman–Crippen MR) is 95.0 cm³/mol. The second kappa shape index (κ2) is 7.28. The summed E-state index contributed by atoms with van der Waals surface area (Å²) in [5.41, 5.74) is 0.999. The van der Waals surface area contributed by atoms with Crippen molar-refractivity contribution < 1.29 is 24.4 Å². The van der Waals surface area contributed by atoms with E-state index in [2.05, 4.69) is 26.8 Å². The number of methoxy groups -OCH3 is 1. The molecule has 3 aliphatic rings. The molecule has 1 heterocycles. The monoisotopic (exact) mass is 354 g/mol. The molecule has 0 aromatic heterocycles. The van der Waals surface area contributed by atoms with E-state index < -0.39 is 18.0 Å². The van der Waals surface area contributed by atoms with Crippen molar-refractivity contribution in [3.63, 3.8) is 0 Å². The van der Waals surface area contributed by atoms with Crippen LogP contribution in [0.25, 0.3) is 0 Å². The minimum absolute atomic E-state index is 0.00161. The fraction of sp³-hybridized carbons (Fsp3) is 0.900. The van der Waals surface area contributed by atoms with Gasteiger partial charge in [0.25, 0.3) is 0 Å². The van der Waals surface area contributed by atoms with Gasteiger partial charge in [0.15, 0.2) is 5.79 Å². The van der Waals surface area contributed by atoms with Crippen molar-refractivity contribution in [2.75, 3.05) is 26.9 Å². The van der Waals surface area contributed by atoms with Gasteiger partial charge in [-0.05, 0) is 33.1 Å². The Labute approximate surface area is 151 Å². The van der Waals surface area contributed by atoms with E-state index in [9.17, 15) is 10.2 Å². The molecule has 6 atom stereocenters. The first kappa shape index (κ1) is 19.3. The highest BCUT2D eigenvalue weighted by molar-refractivity contribution is 5.10. The van der Waals surface area contributed by atoms with E-state index >= 15 is 0 Å². The van der Waals surface area contributed by atoms with Crippen molar-refractivity contribution in [3.8, 4) is 0 Å². The van der Waals surface area contributed by atoms with E-state index in [0.29, 0.717) is 32.7 Å². The zero-order valence-electron chi connectivity index (χ0n) is 16.0. The van der Waals surface area contributed by atoms with Gasteiger partial charge in [-0.1, -0.05) is 18.6 Å². The number of hydrogen-bond acceptors (Lipinski definition) is 5. The molecule has 1 unspecified atom stereocenters. The van der Waals surface area contributed by atoms with Gasteiger partial charge in [0, 0.05) is 36.7 Å². The molecule has 0 aromatic carbocycles. The highest BCUT2D eigenvalue weighted by atomic mass is 16.7. The summed E-state index contributed by atoms with van der Waals surface area (Å²) in [7, 11) is 1.71. The molecule has 144 valence electrons. The van der Waals surface area contributed by atoms with Gasteiger partial charge in [0.1, 0.15) is 0 Å². The zero-order chi connectivity index (χ0) is 18.2. The minimum Gasteiger partial charge on any atom is -0.393 e. The molecule has 0 bridgehead atoms. The molecule has 2 N–H and O–H groups in total. The van der Waals surface area contributed by atoms with Gasteiger partial charge in [0.05, 0.1) is 32.0 Å². The van der Waals surface area contributed by atoms with E-state index in [0.717, 1.165) is 12.8 Å². The molecule has 3 fully saturated rings. The largest absolute Gasteiger partial charge is 0.393 e. The summed E-state index contributed by atoms with van der Waals surface area (Å²) < 4.78 is 17.6. The van der Waals surface area contributed by atoms with Crippen molar-refractivity contribution in [1.29, 1.82) is 0 Å². The molecule has 5 heteroatoms. The smallest absolute Gasteiger partial charge is 0.171 e. The van der Waals surface area contributed by atoms with E-state index in [4.69, 9.17) is 14.2 Å². The molecule has 0 aromatic rings. The van der Waals surface area contributed by atoms with Crippen molar-refractivity contribution in [2.24, 2.45) is 23.2 Å². The van der Waals surface area contributed by atoms with Crippen LogP contribution in [0.5, 0.6) is 0 Å². The lowest BCUT2D eigenvalue weighted by Crippen LogP contribution is -2.63. The number of ether oxygens (including phenoxy) is 3. The maximum Gasteiger partial charge on any atom is 0.171 e. The van der Waals surface area contributed by atoms with Crippen LogP contribution in [0.4, 0.5) is 0 Å². The second-order valence-corrected chi connectivity index (χ2v) is 8.56. The molecule has 1 spiro atoms. The molecule has 2 saturated carbocycles. The fourth-order valence-electron chi connectivity index (χ4n) is 5.64. The Kier molecular flexibility index (Phi) is 5.62. The molecule has 5 nitrogen and oxygen atoms in total. The first-order chi connectivity index (χ1) is 11.9. The summed E-state index contributed by atoms with van der Waals surface area (Å²) in [4.78, 5) is 0. The van der Waals surface area contributed by atoms with E-state index in [1.165, 1.54) is 5.57 Å². The Hall–Kier alpha value is -0.460. The molecular weight excluding hydrogens is 320 g/mol. The van der Waals surface area contributed by atoms with Crippen molar-refractivity contribution in [1.82, 2.24) is 0 Å². The van der Waals surface area contributed by atoms with Crippen molar-refractivity contribution in [3.05, 3.63) is 11.6 Å². The van der Waals surface area contributed by atoms with Crippen molar-refractivity contribution in [2.45, 2.75) is 64.4 Å². The highest BCUT2D eigenvalue weighted by Gasteiger charge is 2.62. The standard InChI is InChI=1S/C20H34O5/c1-13(2)5-6-15-16(21)11-19(12-23-4)7-8-20(24-9-10-25-20)14(3)17(19)18(15)22/h5,14-18,21-22H,6-12H2,1-4H3/t14-,15?,16-,17+,18-,19+/m0/s1. The summed E-state index contributed by atoms with van der Waals surface area (Å²) >= 11 is 0. The molecule has 2 aliphatic carbocycles. The molecule has 3 rings (SSSR count). The second-order valence-electron chi connectivity index (χ2n) is 8.56. The Morgan fingerprint density at radius 3 is 2.48 bits per heavy atom. The molecule has 25 heavy (non-hydrogen) atoms. The maximum absolute atomic E-state index is 11.3. The van der Waals surface area contributed by atoms with Gasteiger partial charge in [0.2, 0.25) is 0 Å². The number of rotatable bonds is 4.